The minimum atomic E-state index is -0.135. The Morgan fingerprint density at radius 1 is 1.45 bits per heavy atom. The van der Waals surface area contributed by atoms with Crippen molar-refractivity contribution >= 4 is 27.3 Å². The molecule has 4 heteroatoms. The van der Waals surface area contributed by atoms with E-state index in [1.807, 2.05) is 11.4 Å². The number of rotatable bonds is 1. The molecule has 0 aliphatic carbocycles. The van der Waals surface area contributed by atoms with Crippen molar-refractivity contribution in [1.82, 2.24) is 0 Å². The molecule has 0 bridgehead atoms. The first-order valence-corrected chi connectivity index (χ1v) is 5.01. The molecule has 1 saturated heterocycles. The summed E-state index contributed by atoms with van der Waals surface area (Å²) in [5.74, 6) is 0. The van der Waals surface area contributed by atoms with Crippen LogP contribution in [0.3, 0.4) is 0 Å². The van der Waals surface area contributed by atoms with Crippen molar-refractivity contribution in [1.29, 1.82) is 0 Å². The molecule has 0 amide bonds. The van der Waals surface area contributed by atoms with Crippen molar-refractivity contribution in [2.75, 3.05) is 13.2 Å². The number of hydrogen-bond acceptors (Lipinski definition) is 3. The first-order chi connectivity index (χ1) is 5.38. The third kappa shape index (κ3) is 1.49. The summed E-state index contributed by atoms with van der Waals surface area (Å²) >= 11 is 5.08. The Hall–Kier alpha value is 0.1000. The standard InChI is InChI=1S/C7H7BrO2S/c8-5-1-4-11-6(5)7-9-2-3-10-7/h1,4,7H,2-3H2. The largest absolute Gasteiger partial charge is 0.345 e. The normalized spacial score (nSPS) is 19.4. The van der Waals surface area contributed by atoms with Gasteiger partial charge in [-0.2, -0.15) is 0 Å². The van der Waals surface area contributed by atoms with Crippen LogP contribution in [0, 0.1) is 0 Å². The van der Waals surface area contributed by atoms with Crippen LogP contribution in [0.2, 0.25) is 0 Å². The van der Waals surface area contributed by atoms with Gasteiger partial charge in [0.1, 0.15) is 0 Å². The molecule has 2 heterocycles. The zero-order valence-corrected chi connectivity index (χ0v) is 8.15. The highest BCUT2D eigenvalue weighted by Gasteiger charge is 2.21. The van der Waals surface area contributed by atoms with E-state index in [1.54, 1.807) is 11.3 Å². The smallest absolute Gasteiger partial charge is 0.194 e. The molecule has 0 saturated carbocycles. The quantitative estimate of drug-likeness (QED) is 0.744. The molecular weight excluding hydrogens is 228 g/mol. The van der Waals surface area contributed by atoms with E-state index in [0.717, 1.165) is 9.35 Å². The summed E-state index contributed by atoms with van der Waals surface area (Å²) < 4.78 is 11.8. The second kappa shape index (κ2) is 3.23. The Kier molecular flexibility index (Phi) is 2.27. The summed E-state index contributed by atoms with van der Waals surface area (Å²) in [7, 11) is 0. The van der Waals surface area contributed by atoms with E-state index in [0.29, 0.717) is 13.2 Å². The number of ether oxygens (including phenoxy) is 2. The average molecular weight is 235 g/mol. The first kappa shape index (κ1) is 7.73. The second-order valence-electron chi connectivity index (χ2n) is 2.21. The first-order valence-electron chi connectivity index (χ1n) is 3.34. The zero-order chi connectivity index (χ0) is 7.68. The monoisotopic (exact) mass is 234 g/mol. The van der Waals surface area contributed by atoms with Gasteiger partial charge in [-0.05, 0) is 27.4 Å². The van der Waals surface area contributed by atoms with E-state index in [-0.39, 0.29) is 6.29 Å². The average Bonchev–Trinajstić information content (AvgIpc) is 2.55. The van der Waals surface area contributed by atoms with Crippen LogP contribution in [-0.4, -0.2) is 13.2 Å². The van der Waals surface area contributed by atoms with Crippen LogP contribution in [0.15, 0.2) is 15.9 Å². The molecule has 0 N–H and O–H groups in total. The van der Waals surface area contributed by atoms with Gasteiger partial charge in [0.05, 0.1) is 18.1 Å². The Morgan fingerprint density at radius 2 is 2.18 bits per heavy atom. The molecule has 1 aromatic rings. The van der Waals surface area contributed by atoms with Crippen LogP contribution in [0.25, 0.3) is 0 Å². The number of hydrogen-bond donors (Lipinski definition) is 0. The predicted molar refractivity (Wildman–Crippen MR) is 46.7 cm³/mol. The fourth-order valence-corrected chi connectivity index (χ4v) is 2.54. The van der Waals surface area contributed by atoms with E-state index >= 15 is 0 Å². The highest BCUT2D eigenvalue weighted by Crippen LogP contribution is 2.33. The molecule has 11 heavy (non-hydrogen) atoms. The van der Waals surface area contributed by atoms with E-state index in [9.17, 15) is 0 Å². The van der Waals surface area contributed by atoms with E-state index < -0.39 is 0 Å². The summed E-state index contributed by atoms with van der Waals surface area (Å²) in [6.07, 6.45) is -0.135. The fraction of sp³-hybridized carbons (Fsp3) is 0.429. The highest BCUT2D eigenvalue weighted by atomic mass is 79.9. The lowest BCUT2D eigenvalue weighted by Crippen LogP contribution is -1.94. The van der Waals surface area contributed by atoms with Crippen LogP contribution in [0.1, 0.15) is 11.2 Å². The van der Waals surface area contributed by atoms with Crippen molar-refractivity contribution in [2.24, 2.45) is 0 Å². The Labute approximate surface area is 77.3 Å². The molecule has 2 rings (SSSR count). The third-order valence-electron chi connectivity index (χ3n) is 1.48. The zero-order valence-electron chi connectivity index (χ0n) is 5.75. The molecule has 2 nitrogen and oxygen atoms in total. The van der Waals surface area contributed by atoms with Crippen molar-refractivity contribution in [2.45, 2.75) is 6.29 Å². The molecule has 1 aliphatic heterocycles. The molecule has 0 aromatic carbocycles. The van der Waals surface area contributed by atoms with Gasteiger partial charge in [-0.25, -0.2) is 0 Å². The molecule has 0 radical (unpaired) electrons. The number of halogens is 1. The van der Waals surface area contributed by atoms with Crippen LogP contribution in [-0.2, 0) is 9.47 Å². The molecule has 0 unspecified atom stereocenters. The van der Waals surface area contributed by atoms with Crippen LogP contribution in [0.4, 0.5) is 0 Å². The van der Waals surface area contributed by atoms with Gasteiger partial charge in [-0.1, -0.05) is 0 Å². The summed E-state index contributed by atoms with van der Waals surface area (Å²) in [4.78, 5) is 1.13. The Balaban J connectivity index is 2.21. The summed E-state index contributed by atoms with van der Waals surface area (Å²) in [6, 6.07) is 2.00. The van der Waals surface area contributed by atoms with Crippen LogP contribution >= 0.6 is 27.3 Å². The molecule has 1 aliphatic rings. The van der Waals surface area contributed by atoms with Crippen molar-refractivity contribution in [3.05, 3.63) is 20.8 Å². The molecular formula is C7H7BrO2S. The van der Waals surface area contributed by atoms with Gasteiger partial charge in [-0.3, -0.25) is 0 Å². The molecule has 1 fully saturated rings. The Bertz CT molecular complexity index is 242. The predicted octanol–water partition coefficient (Wildman–Crippen LogP) is 2.56. The van der Waals surface area contributed by atoms with Crippen LogP contribution in [0.5, 0.6) is 0 Å². The van der Waals surface area contributed by atoms with Gasteiger partial charge in [0.15, 0.2) is 6.29 Å². The minimum absolute atomic E-state index is 0.135. The van der Waals surface area contributed by atoms with Gasteiger partial charge in [0.2, 0.25) is 0 Å². The summed E-state index contributed by atoms with van der Waals surface area (Å²) in [6.45, 7) is 1.41. The van der Waals surface area contributed by atoms with Crippen molar-refractivity contribution in [3.63, 3.8) is 0 Å². The van der Waals surface area contributed by atoms with E-state index in [1.165, 1.54) is 0 Å². The molecule has 1 aromatic heterocycles. The molecule has 0 atom stereocenters. The lowest BCUT2D eigenvalue weighted by molar-refractivity contribution is -0.0418. The second-order valence-corrected chi connectivity index (χ2v) is 4.01. The minimum Gasteiger partial charge on any atom is -0.345 e. The van der Waals surface area contributed by atoms with Gasteiger partial charge in [0.25, 0.3) is 0 Å². The molecule has 60 valence electrons. The van der Waals surface area contributed by atoms with Gasteiger partial charge < -0.3 is 9.47 Å². The lowest BCUT2D eigenvalue weighted by atomic mass is 10.5. The van der Waals surface area contributed by atoms with Gasteiger partial charge in [-0.15, -0.1) is 11.3 Å². The van der Waals surface area contributed by atoms with E-state index in [4.69, 9.17) is 9.47 Å². The maximum Gasteiger partial charge on any atom is 0.194 e. The van der Waals surface area contributed by atoms with Crippen LogP contribution < -0.4 is 0 Å². The highest BCUT2D eigenvalue weighted by molar-refractivity contribution is 9.10. The van der Waals surface area contributed by atoms with Gasteiger partial charge >= 0.3 is 0 Å². The maximum absolute atomic E-state index is 5.34. The lowest BCUT2D eigenvalue weighted by Gasteiger charge is -2.05. The molecule has 0 spiro atoms. The van der Waals surface area contributed by atoms with Crippen molar-refractivity contribution < 1.29 is 9.47 Å². The number of thiophene rings is 1. The van der Waals surface area contributed by atoms with Gasteiger partial charge in [0, 0.05) is 4.47 Å². The summed E-state index contributed by atoms with van der Waals surface area (Å²) in [5.41, 5.74) is 0. The maximum atomic E-state index is 5.34. The third-order valence-corrected chi connectivity index (χ3v) is 3.37. The fourth-order valence-electron chi connectivity index (χ4n) is 0.983. The van der Waals surface area contributed by atoms with E-state index in [2.05, 4.69) is 15.9 Å². The topological polar surface area (TPSA) is 18.5 Å². The SMILES string of the molecule is Brc1ccsc1C1OCCO1. The summed E-state index contributed by atoms with van der Waals surface area (Å²) in [5, 5.41) is 2.02. The Morgan fingerprint density at radius 3 is 2.73 bits per heavy atom. The van der Waals surface area contributed by atoms with Crippen molar-refractivity contribution in [3.8, 4) is 0 Å².